The molecule has 4 aromatic heterocycles. The lowest BCUT2D eigenvalue weighted by Gasteiger charge is -2.03. The smallest absolute Gasteiger partial charge is 0.137 e. The van der Waals surface area contributed by atoms with Crippen molar-refractivity contribution in [3.05, 3.63) is 83.5 Å². The minimum absolute atomic E-state index is 0.797. The predicted octanol–water partition coefficient (Wildman–Crippen LogP) is 3.43. The van der Waals surface area contributed by atoms with Crippen LogP contribution in [0.4, 0.5) is 0 Å². The lowest BCUT2D eigenvalue weighted by Crippen LogP contribution is -2.00. The Balaban J connectivity index is 1.45. The molecule has 0 saturated heterocycles. The molecular weight excluding hydrogens is 310 g/mol. The summed E-state index contributed by atoms with van der Waals surface area (Å²) >= 11 is 0. The Morgan fingerprint density at radius 1 is 0.960 bits per heavy atom. The van der Waals surface area contributed by atoms with Crippen molar-refractivity contribution in [1.82, 2.24) is 24.9 Å². The monoisotopic (exact) mass is 329 g/mol. The number of pyridine rings is 2. The molecule has 4 rings (SSSR count). The zero-order valence-electron chi connectivity index (χ0n) is 14.1. The van der Waals surface area contributed by atoms with Gasteiger partial charge in [0.1, 0.15) is 11.5 Å². The zero-order chi connectivity index (χ0) is 17.1. The van der Waals surface area contributed by atoms with Crippen molar-refractivity contribution in [1.29, 1.82) is 0 Å². The maximum Gasteiger partial charge on any atom is 0.137 e. The predicted molar refractivity (Wildman–Crippen MR) is 97.3 cm³/mol. The van der Waals surface area contributed by atoms with Gasteiger partial charge in [-0.25, -0.2) is 15.0 Å². The molecule has 4 aromatic rings. The summed E-state index contributed by atoms with van der Waals surface area (Å²) in [7, 11) is 0. The molecule has 0 radical (unpaired) electrons. The number of aromatic amines is 1. The highest BCUT2D eigenvalue weighted by molar-refractivity contribution is 5.80. The van der Waals surface area contributed by atoms with Gasteiger partial charge < -0.3 is 4.98 Å². The fourth-order valence-electron chi connectivity index (χ4n) is 2.92. The summed E-state index contributed by atoms with van der Waals surface area (Å²) in [6.07, 6.45) is 12.0. The molecule has 25 heavy (non-hydrogen) atoms. The van der Waals surface area contributed by atoms with Gasteiger partial charge in [-0.05, 0) is 48.2 Å². The van der Waals surface area contributed by atoms with E-state index in [1.165, 1.54) is 10.9 Å². The number of hydrogen-bond donors (Lipinski definition) is 1. The normalized spacial score (nSPS) is 11.1. The minimum atomic E-state index is 0.797. The van der Waals surface area contributed by atoms with Crippen LogP contribution in [-0.4, -0.2) is 24.9 Å². The number of hydrogen-bond acceptors (Lipinski definition) is 4. The first-order valence-corrected chi connectivity index (χ1v) is 8.40. The fraction of sp³-hybridized carbons (Fsp3) is 0.200. The first-order valence-electron chi connectivity index (χ1n) is 8.40. The van der Waals surface area contributed by atoms with Gasteiger partial charge in [0.25, 0.3) is 0 Å². The highest BCUT2D eigenvalue weighted by Crippen LogP contribution is 2.20. The molecule has 0 aromatic carbocycles. The van der Waals surface area contributed by atoms with Gasteiger partial charge in [0.05, 0.1) is 0 Å². The largest absolute Gasteiger partial charge is 0.346 e. The van der Waals surface area contributed by atoms with Crippen LogP contribution in [0.3, 0.4) is 0 Å². The third-order valence-corrected chi connectivity index (χ3v) is 4.24. The molecule has 0 saturated carbocycles. The topological polar surface area (TPSA) is 67.3 Å². The molecule has 124 valence electrons. The van der Waals surface area contributed by atoms with Crippen molar-refractivity contribution >= 4 is 11.0 Å². The van der Waals surface area contributed by atoms with Crippen molar-refractivity contribution in [2.45, 2.75) is 26.2 Å². The minimum Gasteiger partial charge on any atom is -0.346 e. The van der Waals surface area contributed by atoms with Gasteiger partial charge in [0, 0.05) is 54.9 Å². The maximum absolute atomic E-state index is 4.51. The van der Waals surface area contributed by atoms with E-state index in [9.17, 15) is 0 Å². The van der Waals surface area contributed by atoms with E-state index in [0.29, 0.717) is 0 Å². The van der Waals surface area contributed by atoms with Crippen molar-refractivity contribution in [3.63, 3.8) is 0 Å². The average molecular weight is 329 g/mol. The molecule has 0 unspecified atom stereocenters. The Morgan fingerprint density at radius 2 is 1.84 bits per heavy atom. The van der Waals surface area contributed by atoms with E-state index in [0.717, 1.165) is 47.6 Å². The third kappa shape index (κ3) is 3.55. The maximum atomic E-state index is 4.51. The number of nitrogens with zero attached hydrogens (tertiary/aromatic N) is 4. The van der Waals surface area contributed by atoms with E-state index in [2.05, 4.69) is 37.9 Å². The molecule has 0 fully saturated rings. The number of fused-ring (bicyclic) bond motifs is 1. The van der Waals surface area contributed by atoms with Crippen molar-refractivity contribution in [2.75, 3.05) is 0 Å². The molecule has 5 heteroatoms. The molecule has 0 amide bonds. The summed E-state index contributed by atoms with van der Waals surface area (Å²) < 4.78 is 0. The first-order chi connectivity index (χ1) is 12.3. The van der Waals surface area contributed by atoms with E-state index in [-0.39, 0.29) is 0 Å². The Morgan fingerprint density at radius 3 is 2.64 bits per heavy atom. The Hall–Kier alpha value is -3.08. The molecule has 0 atom stereocenters. The number of rotatable bonds is 5. The van der Waals surface area contributed by atoms with Gasteiger partial charge in [0.15, 0.2) is 0 Å². The molecule has 0 aliphatic rings. The van der Waals surface area contributed by atoms with Gasteiger partial charge in [-0.15, -0.1) is 0 Å². The molecule has 0 bridgehead atoms. The third-order valence-electron chi connectivity index (χ3n) is 4.24. The standard InChI is InChI=1S/C20H19N5/c1-14-8-18-16(13-25-20(18)24-10-14)9-15-11-22-19(23-12-15)6-5-17-4-2-3-7-21-17/h2-4,7-8,10-13H,5-6,9H2,1H3,(H,24,25). The Kier molecular flexibility index (Phi) is 4.21. The van der Waals surface area contributed by atoms with E-state index in [1.807, 2.05) is 49.2 Å². The second-order valence-electron chi connectivity index (χ2n) is 6.23. The second-order valence-corrected chi connectivity index (χ2v) is 6.23. The summed E-state index contributed by atoms with van der Waals surface area (Å²) in [5.74, 6) is 0.853. The fourth-order valence-corrected chi connectivity index (χ4v) is 2.92. The van der Waals surface area contributed by atoms with Crippen LogP contribution in [0.1, 0.15) is 28.2 Å². The summed E-state index contributed by atoms with van der Waals surface area (Å²) in [6.45, 7) is 2.06. The number of H-pyrrole nitrogens is 1. The van der Waals surface area contributed by atoms with Gasteiger partial charge in [0.2, 0.25) is 0 Å². The van der Waals surface area contributed by atoms with E-state index in [4.69, 9.17) is 0 Å². The van der Waals surface area contributed by atoms with Crippen LogP contribution in [0, 0.1) is 6.92 Å². The van der Waals surface area contributed by atoms with Crippen LogP contribution >= 0.6 is 0 Å². The average Bonchev–Trinajstić information content (AvgIpc) is 3.04. The van der Waals surface area contributed by atoms with Gasteiger partial charge in [-0.1, -0.05) is 6.07 Å². The zero-order valence-corrected chi connectivity index (χ0v) is 14.1. The van der Waals surface area contributed by atoms with Gasteiger partial charge in [-0.3, -0.25) is 4.98 Å². The van der Waals surface area contributed by atoms with E-state index >= 15 is 0 Å². The summed E-state index contributed by atoms with van der Waals surface area (Å²) in [4.78, 5) is 21.0. The second kappa shape index (κ2) is 6.81. The number of aryl methyl sites for hydroxylation is 3. The van der Waals surface area contributed by atoms with Crippen molar-refractivity contribution in [2.24, 2.45) is 0 Å². The van der Waals surface area contributed by atoms with Crippen molar-refractivity contribution < 1.29 is 0 Å². The van der Waals surface area contributed by atoms with Crippen LogP contribution in [0.5, 0.6) is 0 Å². The van der Waals surface area contributed by atoms with Crippen LogP contribution in [-0.2, 0) is 19.3 Å². The number of nitrogens with one attached hydrogen (secondary N) is 1. The number of aromatic nitrogens is 5. The Bertz CT molecular complexity index is 974. The molecule has 0 aliphatic heterocycles. The quantitative estimate of drug-likeness (QED) is 0.609. The molecule has 0 aliphatic carbocycles. The van der Waals surface area contributed by atoms with Gasteiger partial charge >= 0.3 is 0 Å². The van der Waals surface area contributed by atoms with Crippen LogP contribution in [0.25, 0.3) is 11.0 Å². The highest BCUT2D eigenvalue weighted by atomic mass is 14.9. The molecular formula is C20H19N5. The highest BCUT2D eigenvalue weighted by Gasteiger charge is 2.07. The molecule has 1 N–H and O–H groups in total. The summed E-state index contributed by atoms with van der Waals surface area (Å²) in [6, 6.07) is 8.12. The lowest BCUT2D eigenvalue weighted by atomic mass is 10.1. The molecule has 5 nitrogen and oxygen atoms in total. The van der Waals surface area contributed by atoms with Gasteiger partial charge in [-0.2, -0.15) is 0 Å². The van der Waals surface area contributed by atoms with Crippen LogP contribution < -0.4 is 0 Å². The SMILES string of the molecule is Cc1cnc2[nH]cc(Cc3cnc(CCc4ccccn4)nc3)c2c1. The molecule has 0 spiro atoms. The molecule has 4 heterocycles. The van der Waals surface area contributed by atoms with E-state index < -0.39 is 0 Å². The van der Waals surface area contributed by atoms with Crippen molar-refractivity contribution in [3.8, 4) is 0 Å². The van der Waals surface area contributed by atoms with E-state index in [1.54, 1.807) is 0 Å². The summed E-state index contributed by atoms with van der Waals surface area (Å²) in [5.41, 5.74) is 5.47. The van der Waals surface area contributed by atoms with Crippen LogP contribution in [0.2, 0.25) is 0 Å². The van der Waals surface area contributed by atoms with Crippen LogP contribution in [0.15, 0.2) is 55.2 Å². The Labute approximate surface area is 146 Å². The first kappa shape index (κ1) is 15.4. The summed E-state index contributed by atoms with van der Waals surface area (Å²) in [5, 5.41) is 1.17. The lowest BCUT2D eigenvalue weighted by molar-refractivity contribution is 0.829.